The van der Waals surface area contributed by atoms with Gasteiger partial charge in [-0.15, -0.1) is 22.7 Å². The first-order chi connectivity index (χ1) is 15.2. The van der Waals surface area contributed by atoms with Crippen LogP contribution in [0.1, 0.15) is 11.4 Å². The van der Waals surface area contributed by atoms with E-state index >= 15 is 0 Å². The van der Waals surface area contributed by atoms with Gasteiger partial charge in [-0.3, -0.25) is 4.79 Å². The van der Waals surface area contributed by atoms with Gasteiger partial charge in [0.1, 0.15) is 16.6 Å². The second-order valence-corrected chi connectivity index (χ2v) is 8.25. The molecule has 0 aliphatic carbocycles. The summed E-state index contributed by atoms with van der Waals surface area (Å²) in [4.78, 5) is 21.4. The SMILES string of the molecule is COc1cccc(-c2nc(COC(=O)Cc3csc(-c4ccccc4)n3)cs2)c1OC. The maximum atomic E-state index is 12.3. The van der Waals surface area contributed by atoms with Crippen LogP contribution in [-0.2, 0) is 22.6 Å². The fourth-order valence-electron chi connectivity index (χ4n) is 3.01. The fourth-order valence-corrected chi connectivity index (χ4v) is 4.66. The molecule has 0 N–H and O–H groups in total. The quantitative estimate of drug-likeness (QED) is 0.341. The van der Waals surface area contributed by atoms with Crippen molar-refractivity contribution in [1.29, 1.82) is 0 Å². The number of benzene rings is 2. The second-order valence-electron chi connectivity index (χ2n) is 6.53. The van der Waals surface area contributed by atoms with Crippen molar-refractivity contribution in [2.75, 3.05) is 14.2 Å². The number of hydrogen-bond donors (Lipinski definition) is 0. The van der Waals surface area contributed by atoms with E-state index in [1.807, 2.05) is 59.3 Å². The molecule has 2 heterocycles. The van der Waals surface area contributed by atoms with Crippen LogP contribution in [0, 0.1) is 0 Å². The first-order valence-electron chi connectivity index (χ1n) is 9.49. The zero-order chi connectivity index (χ0) is 21.6. The third-order valence-corrected chi connectivity index (χ3v) is 6.33. The van der Waals surface area contributed by atoms with E-state index in [-0.39, 0.29) is 19.0 Å². The number of carbonyl (C=O) groups excluding carboxylic acids is 1. The van der Waals surface area contributed by atoms with Crippen LogP contribution in [0.25, 0.3) is 21.1 Å². The molecule has 8 heteroatoms. The van der Waals surface area contributed by atoms with Gasteiger partial charge in [-0.2, -0.15) is 0 Å². The lowest BCUT2D eigenvalue weighted by atomic mass is 10.2. The number of methoxy groups -OCH3 is 2. The van der Waals surface area contributed by atoms with Crippen molar-refractivity contribution in [3.05, 3.63) is 70.7 Å². The first-order valence-corrected chi connectivity index (χ1v) is 11.2. The summed E-state index contributed by atoms with van der Waals surface area (Å²) >= 11 is 2.97. The number of esters is 1. The van der Waals surface area contributed by atoms with Crippen LogP contribution in [-0.4, -0.2) is 30.2 Å². The number of aromatic nitrogens is 2. The van der Waals surface area contributed by atoms with Crippen LogP contribution in [0.3, 0.4) is 0 Å². The molecule has 0 aliphatic rings. The number of rotatable bonds is 8. The van der Waals surface area contributed by atoms with Gasteiger partial charge in [0.15, 0.2) is 11.5 Å². The Morgan fingerprint density at radius 2 is 1.61 bits per heavy atom. The van der Waals surface area contributed by atoms with Crippen LogP contribution >= 0.6 is 22.7 Å². The minimum atomic E-state index is -0.335. The Kier molecular flexibility index (Phi) is 6.59. The Labute approximate surface area is 188 Å². The summed E-state index contributed by atoms with van der Waals surface area (Å²) in [6, 6.07) is 15.5. The molecule has 0 radical (unpaired) electrons. The van der Waals surface area contributed by atoms with E-state index in [4.69, 9.17) is 14.2 Å². The number of hydrogen-bond acceptors (Lipinski definition) is 8. The van der Waals surface area contributed by atoms with E-state index in [0.29, 0.717) is 22.9 Å². The molecule has 31 heavy (non-hydrogen) atoms. The molecule has 2 aromatic heterocycles. The number of thiazole rings is 2. The van der Waals surface area contributed by atoms with E-state index in [0.717, 1.165) is 21.1 Å². The molecule has 4 aromatic rings. The van der Waals surface area contributed by atoms with Crippen molar-refractivity contribution in [3.63, 3.8) is 0 Å². The number of ether oxygens (including phenoxy) is 3. The molecule has 0 saturated carbocycles. The van der Waals surface area contributed by atoms with E-state index in [1.165, 1.54) is 22.7 Å². The van der Waals surface area contributed by atoms with Crippen LogP contribution in [0.5, 0.6) is 11.5 Å². The summed E-state index contributed by atoms with van der Waals surface area (Å²) in [7, 11) is 3.19. The fraction of sp³-hybridized carbons (Fsp3) is 0.174. The Morgan fingerprint density at radius 1 is 0.871 bits per heavy atom. The van der Waals surface area contributed by atoms with Crippen molar-refractivity contribution in [2.45, 2.75) is 13.0 Å². The standard InChI is InChI=1S/C23H20N2O4S2/c1-27-19-10-6-9-18(21(19)28-2)23-25-17(14-31-23)12-29-20(26)11-16-13-30-22(24-16)15-7-4-3-5-8-15/h3-10,13-14H,11-12H2,1-2H3. The zero-order valence-electron chi connectivity index (χ0n) is 17.0. The molecule has 0 atom stereocenters. The highest BCUT2D eigenvalue weighted by molar-refractivity contribution is 7.13. The topological polar surface area (TPSA) is 70.5 Å². The molecule has 2 aromatic carbocycles. The van der Waals surface area contributed by atoms with E-state index in [9.17, 15) is 4.79 Å². The lowest BCUT2D eigenvalue weighted by molar-refractivity contribution is -0.144. The summed E-state index contributed by atoms with van der Waals surface area (Å²) in [6.45, 7) is 0.108. The molecule has 6 nitrogen and oxygen atoms in total. The molecule has 0 fully saturated rings. The largest absolute Gasteiger partial charge is 0.493 e. The molecule has 0 bridgehead atoms. The predicted molar refractivity (Wildman–Crippen MR) is 122 cm³/mol. The lowest BCUT2D eigenvalue weighted by Crippen LogP contribution is -2.08. The molecule has 4 rings (SSSR count). The number of para-hydroxylation sites is 1. The number of carbonyl (C=O) groups is 1. The van der Waals surface area contributed by atoms with Gasteiger partial charge < -0.3 is 14.2 Å². The molecular weight excluding hydrogens is 432 g/mol. The zero-order valence-corrected chi connectivity index (χ0v) is 18.7. The van der Waals surface area contributed by atoms with Crippen LogP contribution in [0.15, 0.2) is 59.3 Å². The van der Waals surface area contributed by atoms with Crippen LogP contribution < -0.4 is 9.47 Å². The monoisotopic (exact) mass is 452 g/mol. The van der Waals surface area contributed by atoms with Crippen LogP contribution in [0.2, 0.25) is 0 Å². The average Bonchev–Trinajstić information content (AvgIpc) is 3.47. The Bertz CT molecular complexity index is 1170. The smallest absolute Gasteiger partial charge is 0.312 e. The van der Waals surface area contributed by atoms with Gasteiger partial charge in [-0.1, -0.05) is 36.4 Å². The predicted octanol–water partition coefficient (Wildman–Crippen LogP) is 5.24. The molecular formula is C23H20N2O4S2. The van der Waals surface area contributed by atoms with E-state index < -0.39 is 0 Å². The molecule has 0 saturated heterocycles. The summed E-state index contributed by atoms with van der Waals surface area (Å²) < 4.78 is 16.2. The van der Waals surface area contributed by atoms with E-state index in [2.05, 4.69) is 9.97 Å². The third kappa shape index (κ3) is 4.92. The van der Waals surface area contributed by atoms with E-state index in [1.54, 1.807) is 14.2 Å². The summed E-state index contributed by atoms with van der Waals surface area (Å²) in [5.74, 6) is 0.931. The maximum absolute atomic E-state index is 12.3. The average molecular weight is 453 g/mol. The second kappa shape index (κ2) is 9.72. The maximum Gasteiger partial charge on any atom is 0.312 e. The van der Waals surface area contributed by atoms with Gasteiger partial charge in [0, 0.05) is 16.3 Å². The Morgan fingerprint density at radius 3 is 2.39 bits per heavy atom. The molecule has 0 amide bonds. The lowest BCUT2D eigenvalue weighted by Gasteiger charge is -2.10. The summed E-state index contributed by atoms with van der Waals surface area (Å²) in [6.07, 6.45) is 0.129. The highest BCUT2D eigenvalue weighted by Gasteiger charge is 2.16. The normalized spacial score (nSPS) is 10.6. The minimum Gasteiger partial charge on any atom is -0.493 e. The van der Waals surface area contributed by atoms with Crippen molar-refractivity contribution in [1.82, 2.24) is 9.97 Å². The van der Waals surface area contributed by atoms with Crippen molar-refractivity contribution < 1.29 is 19.0 Å². The highest BCUT2D eigenvalue weighted by Crippen LogP contribution is 2.39. The molecule has 0 aliphatic heterocycles. The van der Waals surface area contributed by atoms with Gasteiger partial charge >= 0.3 is 5.97 Å². The first kappa shape index (κ1) is 21.0. The van der Waals surface area contributed by atoms with Gasteiger partial charge in [0.05, 0.1) is 37.6 Å². The summed E-state index contributed by atoms with van der Waals surface area (Å²) in [5, 5.41) is 5.42. The molecule has 158 valence electrons. The van der Waals surface area contributed by atoms with Crippen molar-refractivity contribution >= 4 is 28.6 Å². The van der Waals surface area contributed by atoms with Crippen molar-refractivity contribution in [3.8, 4) is 32.6 Å². The van der Waals surface area contributed by atoms with Crippen LogP contribution in [0.4, 0.5) is 0 Å². The minimum absolute atomic E-state index is 0.108. The third-order valence-electron chi connectivity index (χ3n) is 4.46. The molecule has 0 unspecified atom stereocenters. The number of nitrogens with zero attached hydrogens (tertiary/aromatic N) is 2. The molecule has 0 spiro atoms. The van der Waals surface area contributed by atoms with Gasteiger partial charge in [0.2, 0.25) is 0 Å². The van der Waals surface area contributed by atoms with Gasteiger partial charge in [-0.25, -0.2) is 9.97 Å². The van der Waals surface area contributed by atoms with Gasteiger partial charge in [-0.05, 0) is 12.1 Å². The van der Waals surface area contributed by atoms with Crippen molar-refractivity contribution in [2.24, 2.45) is 0 Å². The summed E-state index contributed by atoms with van der Waals surface area (Å²) in [5.41, 5.74) is 3.26. The highest BCUT2D eigenvalue weighted by atomic mass is 32.1. The Hall–Kier alpha value is -3.23. The van der Waals surface area contributed by atoms with Gasteiger partial charge in [0.25, 0.3) is 0 Å². The Balaban J connectivity index is 1.37.